The summed E-state index contributed by atoms with van der Waals surface area (Å²) in [5, 5.41) is 3.12. The van der Waals surface area contributed by atoms with Crippen LogP contribution in [0.5, 0.6) is 0 Å². The molecule has 2 heteroatoms. The van der Waals surface area contributed by atoms with Gasteiger partial charge >= 0.3 is 0 Å². The van der Waals surface area contributed by atoms with Crippen molar-refractivity contribution in [3.63, 3.8) is 0 Å². The van der Waals surface area contributed by atoms with E-state index in [9.17, 15) is 0 Å². The Kier molecular flexibility index (Phi) is 6.07. The van der Waals surface area contributed by atoms with Crippen LogP contribution in [0, 0.1) is 6.92 Å². The van der Waals surface area contributed by atoms with Gasteiger partial charge in [-0.15, -0.1) is 0 Å². The Balaban J connectivity index is 0.000000561. The number of hydrogen-bond acceptors (Lipinski definition) is 2. The molecule has 2 nitrogen and oxygen atoms in total. The largest absolute Gasteiger partial charge is 0.370 e. The van der Waals surface area contributed by atoms with Gasteiger partial charge in [-0.1, -0.05) is 19.9 Å². The molecule has 12 heavy (non-hydrogen) atoms. The average Bonchev–Trinajstić information content (AvgIpc) is 2.13. The summed E-state index contributed by atoms with van der Waals surface area (Å²) in [7, 11) is 0. The van der Waals surface area contributed by atoms with Crippen LogP contribution in [0.3, 0.4) is 0 Å². The highest BCUT2D eigenvalue weighted by Gasteiger charge is 1.87. The molecule has 0 aromatic carbocycles. The molecular formula is C10H18N2. The first-order valence-corrected chi connectivity index (χ1v) is 4.49. The highest BCUT2D eigenvalue weighted by Crippen LogP contribution is 2.02. The van der Waals surface area contributed by atoms with Gasteiger partial charge in [0.2, 0.25) is 0 Å². The summed E-state index contributed by atoms with van der Waals surface area (Å²) < 4.78 is 0. The molecule has 1 aromatic rings. The molecule has 0 aliphatic rings. The van der Waals surface area contributed by atoms with Crippen LogP contribution >= 0.6 is 0 Å². The molecule has 68 valence electrons. The first kappa shape index (κ1) is 11.0. The minimum absolute atomic E-state index is 0.927. The van der Waals surface area contributed by atoms with E-state index >= 15 is 0 Å². The van der Waals surface area contributed by atoms with E-state index in [1.54, 1.807) is 0 Å². The Hall–Kier alpha value is -1.05. The third-order valence-electron chi connectivity index (χ3n) is 1.27. The SMILES string of the molecule is CC.CCNc1ccc(C)cn1. The molecule has 0 aliphatic heterocycles. The third-order valence-corrected chi connectivity index (χ3v) is 1.27. The number of nitrogens with one attached hydrogen (secondary N) is 1. The van der Waals surface area contributed by atoms with Gasteiger partial charge in [0.05, 0.1) is 0 Å². The van der Waals surface area contributed by atoms with E-state index in [-0.39, 0.29) is 0 Å². The number of rotatable bonds is 2. The second-order valence-electron chi connectivity index (χ2n) is 2.25. The van der Waals surface area contributed by atoms with Gasteiger partial charge in [0, 0.05) is 12.7 Å². The second-order valence-corrected chi connectivity index (χ2v) is 2.25. The molecule has 0 saturated carbocycles. The van der Waals surface area contributed by atoms with E-state index in [0.717, 1.165) is 12.4 Å². The molecule has 1 N–H and O–H groups in total. The number of nitrogens with zero attached hydrogens (tertiary/aromatic N) is 1. The highest BCUT2D eigenvalue weighted by molar-refractivity contribution is 5.34. The van der Waals surface area contributed by atoms with Crippen LogP contribution in [0.1, 0.15) is 26.3 Å². The maximum atomic E-state index is 4.16. The Morgan fingerprint density at radius 1 is 1.33 bits per heavy atom. The van der Waals surface area contributed by atoms with Crippen molar-refractivity contribution in [2.24, 2.45) is 0 Å². The molecule has 1 heterocycles. The summed E-state index contributed by atoms with van der Waals surface area (Å²) in [6.45, 7) is 9.01. The number of hydrogen-bond donors (Lipinski definition) is 1. The molecule has 0 spiro atoms. The van der Waals surface area contributed by atoms with Crippen LogP contribution in [0.15, 0.2) is 18.3 Å². The van der Waals surface area contributed by atoms with E-state index in [1.807, 2.05) is 39.1 Å². The van der Waals surface area contributed by atoms with Crippen LogP contribution in [-0.2, 0) is 0 Å². The zero-order valence-electron chi connectivity index (χ0n) is 8.39. The van der Waals surface area contributed by atoms with Crippen molar-refractivity contribution in [2.45, 2.75) is 27.7 Å². The number of aryl methyl sites for hydroxylation is 1. The molecule has 0 radical (unpaired) electrons. The minimum Gasteiger partial charge on any atom is -0.370 e. The quantitative estimate of drug-likeness (QED) is 0.730. The fraction of sp³-hybridized carbons (Fsp3) is 0.500. The predicted octanol–water partition coefficient (Wildman–Crippen LogP) is 2.85. The summed E-state index contributed by atoms with van der Waals surface area (Å²) in [5.41, 5.74) is 1.20. The van der Waals surface area contributed by atoms with Crippen LogP contribution in [0.4, 0.5) is 5.82 Å². The van der Waals surface area contributed by atoms with E-state index in [1.165, 1.54) is 5.56 Å². The lowest BCUT2D eigenvalue weighted by Gasteiger charge is -2.00. The first-order chi connectivity index (χ1) is 5.83. The lowest BCUT2D eigenvalue weighted by Crippen LogP contribution is -1.98. The fourth-order valence-electron chi connectivity index (χ4n) is 0.753. The summed E-state index contributed by atoms with van der Waals surface area (Å²) in [5.74, 6) is 0.952. The van der Waals surface area contributed by atoms with Gasteiger partial charge in [-0.05, 0) is 25.5 Å². The van der Waals surface area contributed by atoms with Crippen LogP contribution in [0.25, 0.3) is 0 Å². The highest BCUT2D eigenvalue weighted by atomic mass is 15.0. The predicted molar refractivity (Wildman–Crippen MR) is 54.5 cm³/mol. The number of anilines is 1. The van der Waals surface area contributed by atoms with Crippen molar-refractivity contribution < 1.29 is 0 Å². The molecule has 1 aromatic heterocycles. The fourth-order valence-corrected chi connectivity index (χ4v) is 0.753. The second kappa shape index (κ2) is 6.65. The molecule has 0 fully saturated rings. The van der Waals surface area contributed by atoms with Crippen molar-refractivity contribution in [3.05, 3.63) is 23.9 Å². The van der Waals surface area contributed by atoms with Crippen LogP contribution < -0.4 is 5.32 Å². The van der Waals surface area contributed by atoms with Crippen LogP contribution in [-0.4, -0.2) is 11.5 Å². The summed E-state index contributed by atoms with van der Waals surface area (Å²) >= 11 is 0. The summed E-state index contributed by atoms with van der Waals surface area (Å²) in [6, 6.07) is 4.03. The van der Waals surface area contributed by atoms with Gasteiger partial charge in [0.1, 0.15) is 5.82 Å². The molecule has 0 atom stereocenters. The normalized spacial score (nSPS) is 8.33. The Labute approximate surface area is 75.0 Å². The molecule has 0 bridgehead atoms. The average molecular weight is 166 g/mol. The van der Waals surface area contributed by atoms with E-state index in [2.05, 4.69) is 17.2 Å². The standard InChI is InChI=1S/C8H12N2.C2H6/c1-3-9-8-5-4-7(2)6-10-8;1-2/h4-6H,3H2,1-2H3,(H,9,10);1-2H3. The van der Waals surface area contributed by atoms with Gasteiger partial charge < -0.3 is 5.32 Å². The first-order valence-electron chi connectivity index (χ1n) is 4.49. The lowest BCUT2D eigenvalue weighted by molar-refractivity contribution is 1.15. The van der Waals surface area contributed by atoms with Gasteiger partial charge in [-0.25, -0.2) is 4.98 Å². The van der Waals surface area contributed by atoms with E-state index in [4.69, 9.17) is 0 Å². The van der Waals surface area contributed by atoms with E-state index in [0.29, 0.717) is 0 Å². The van der Waals surface area contributed by atoms with Crippen molar-refractivity contribution in [1.82, 2.24) is 4.98 Å². The molecule has 0 unspecified atom stereocenters. The van der Waals surface area contributed by atoms with Gasteiger partial charge in [0.15, 0.2) is 0 Å². The molecular weight excluding hydrogens is 148 g/mol. The van der Waals surface area contributed by atoms with Crippen molar-refractivity contribution in [1.29, 1.82) is 0 Å². The topological polar surface area (TPSA) is 24.9 Å². The zero-order chi connectivity index (χ0) is 9.40. The molecule has 1 rings (SSSR count). The van der Waals surface area contributed by atoms with Gasteiger partial charge in [-0.3, -0.25) is 0 Å². The van der Waals surface area contributed by atoms with Gasteiger partial charge in [-0.2, -0.15) is 0 Å². The zero-order valence-corrected chi connectivity index (χ0v) is 8.39. The molecule has 0 amide bonds. The number of pyridine rings is 1. The van der Waals surface area contributed by atoms with Crippen molar-refractivity contribution >= 4 is 5.82 Å². The third kappa shape index (κ3) is 3.96. The van der Waals surface area contributed by atoms with Crippen LogP contribution in [0.2, 0.25) is 0 Å². The molecule has 0 saturated heterocycles. The van der Waals surface area contributed by atoms with Crippen molar-refractivity contribution in [3.8, 4) is 0 Å². The van der Waals surface area contributed by atoms with E-state index < -0.39 is 0 Å². The Morgan fingerprint density at radius 2 is 2.00 bits per heavy atom. The summed E-state index contributed by atoms with van der Waals surface area (Å²) in [4.78, 5) is 4.16. The maximum Gasteiger partial charge on any atom is 0.125 e. The minimum atomic E-state index is 0.927. The Morgan fingerprint density at radius 3 is 2.42 bits per heavy atom. The molecule has 0 aliphatic carbocycles. The summed E-state index contributed by atoms with van der Waals surface area (Å²) in [6.07, 6.45) is 1.86. The maximum absolute atomic E-state index is 4.16. The number of aromatic nitrogens is 1. The Bertz CT molecular complexity index is 191. The van der Waals surface area contributed by atoms with Crippen molar-refractivity contribution in [2.75, 3.05) is 11.9 Å². The monoisotopic (exact) mass is 166 g/mol. The smallest absolute Gasteiger partial charge is 0.125 e. The lowest BCUT2D eigenvalue weighted by atomic mass is 10.3. The van der Waals surface area contributed by atoms with Gasteiger partial charge in [0.25, 0.3) is 0 Å².